The monoisotopic (exact) mass is 302 g/mol. The van der Waals surface area contributed by atoms with Gasteiger partial charge in [-0.25, -0.2) is 4.98 Å². The lowest BCUT2D eigenvalue weighted by atomic mass is 10.1. The summed E-state index contributed by atoms with van der Waals surface area (Å²) in [6.07, 6.45) is 1.64. The Balaban J connectivity index is 2.02. The summed E-state index contributed by atoms with van der Waals surface area (Å²) in [6.45, 7) is 0. The third-order valence-electron chi connectivity index (χ3n) is 3.14. The number of nitrogens with one attached hydrogen (secondary N) is 1. The van der Waals surface area contributed by atoms with Gasteiger partial charge in [0.05, 0.1) is 10.9 Å². The molecule has 0 aliphatic heterocycles. The molecule has 1 fully saturated rings. The second-order valence-electron chi connectivity index (χ2n) is 4.48. The van der Waals surface area contributed by atoms with Crippen molar-refractivity contribution in [2.75, 3.05) is 0 Å². The number of rotatable bonds is 3. The van der Waals surface area contributed by atoms with Crippen molar-refractivity contribution in [3.8, 4) is 0 Å². The molecule has 2 unspecified atom stereocenters. The highest BCUT2D eigenvalue weighted by Gasteiger charge is 2.31. The molecule has 0 bridgehead atoms. The van der Waals surface area contributed by atoms with Crippen LogP contribution >= 0.6 is 23.2 Å². The number of aromatic nitrogens is 1. The Morgan fingerprint density at radius 3 is 2.68 bits per heavy atom. The van der Waals surface area contributed by atoms with Gasteiger partial charge in [-0.05, 0) is 31.4 Å². The quantitative estimate of drug-likeness (QED) is 0.840. The van der Waals surface area contributed by atoms with Crippen molar-refractivity contribution >= 4 is 35.1 Å². The van der Waals surface area contributed by atoms with Crippen LogP contribution in [0.3, 0.4) is 0 Å². The van der Waals surface area contributed by atoms with Crippen LogP contribution in [-0.4, -0.2) is 28.0 Å². The summed E-state index contributed by atoms with van der Waals surface area (Å²) in [5.74, 6) is -1.65. The highest BCUT2D eigenvalue weighted by molar-refractivity contribution is 6.34. The van der Waals surface area contributed by atoms with Gasteiger partial charge in [-0.3, -0.25) is 9.59 Å². The Kier molecular flexibility index (Phi) is 4.27. The summed E-state index contributed by atoms with van der Waals surface area (Å²) < 4.78 is 0. The maximum absolute atomic E-state index is 12.0. The molecule has 2 N–H and O–H groups in total. The molecule has 1 aliphatic rings. The Hall–Kier alpha value is -1.33. The normalized spacial score (nSPS) is 22.2. The minimum absolute atomic E-state index is 0.0629. The highest BCUT2D eigenvalue weighted by Crippen LogP contribution is 2.26. The highest BCUT2D eigenvalue weighted by atomic mass is 35.5. The van der Waals surface area contributed by atoms with Gasteiger partial charge in [0, 0.05) is 6.04 Å². The SMILES string of the molecule is O=C(NC1CCC(C(=O)O)C1)c1nc(Cl)ccc1Cl. The fraction of sp³-hybridized carbons (Fsp3) is 0.417. The first-order chi connectivity index (χ1) is 8.97. The van der Waals surface area contributed by atoms with Gasteiger partial charge < -0.3 is 10.4 Å². The van der Waals surface area contributed by atoms with Gasteiger partial charge in [0.15, 0.2) is 0 Å². The van der Waals surface area contributed by atoms with Gasteiger partial charge in [-0.1, -0.05) is 23.2 Å². The van der Waals surface area contributed by atoms with E-state index in [1.165, 1.54) is 12.1 Å². The second-order valence-corrected chi connectivity index (χ2v) is 5.28. The van der Waals surface area contributed by atoms with E-state index in [0.717, 1.165) is 0 Å². The number of carboxylic acid groups (broad SMARTS) is 1. The van der Waals surface area contributed by atoms with Crippen molar-refractivity contribution in [3.05, 3.63) is 28.0 Å². The largest absolute Gasteiger partial charge is 0.481 e. The molecule has 0 aromatic carbocycles. The minimum Gasteiger partial charge on any atom is -0.481 e. The molecular weight excluding hydrogens is 291 g/mol. The molecule has 19 heavy (non-hydrogen) atoms. The van der Waals surface area contributed by atoms with Crippen LogP contribution in [0.5, 0.6) is 0 Å². The van der Waals surface area contributed by atoms with E-state index < -0.39 is 17.8 Å². The van der Waals surface area contributed by atoms with Crippen molar-refractivity contribution in [1.29, 1.82) is 0 Å². The molecule has 2 rings (SSSR count). The summed E-state index contributed by atoms with van der Waals surface area (Å²) in [6, 6.07) is 2.84. The second kappa shape index (κ2) is 5.75. The van der Waals surface area contributed by atoms with E-state index in [-0.39, 0.29) is 21.9 Å². The first-order valence-corrected chi connectivity index (χ1v) is 6.58. The molecule has 1 amide bonds. The molecule has 0 radical (unpaired) electrons. The molecule has 2 atom stereocenters. The number of hydrogen-bond acceptors (Lipinski definition) is 3. The fourth-order valence-corrected chi connectivity index (χ4v) is 2.51. The van der Waals surface area contributed by atoms with Gasteiger partial charge in [0.1, 0.15) is 10.8 Å². The summed E-state index contributed by atoms with van der Waals surface area (Å²) in [5.41, 5.74) is 0.0629. The topological polar surface area (TPSA) is 79.3 Å². The Bertz CT molecular complexity index is 522. The summed E-state index contributed by atoms with van der Waals surface area (Å²) in [5, 5.41) is 12.0. The zero-order valence-corrected chi connectivity index (χ0v) is 11.4. The number of pyridine rings is 1. The number of carboxylic acids is 1. The number of nitrogens with zero attached hydrogens (tertiary/aromatic N) is 1. The van der Waals surface area contributed by atoms with Crippen molar-refractivity contribution in [2.24, 2.45) is 5.92 Å². The zero-order chi connectivity index (χ0) is 14.0. The van der Waals surface area contributed by atoms with Crippen molar-refractivity contribution in [2.45, 2.75) is 25.3 Å². The number of halogens is 2. The molecular formula is C12H12Cl2N2O3. The summed E-state index contributed by atoms with van der Waals surface area (Å²) >= 11 is 11.6. The van der Waals surface area contributed by atoms with Crippen LogP contribution in [-0.2, 0) is 4.79 Å². The molecule has 1 aromatic heterocycles. The van der Waals surface area contributed by atoms with Gasteiger partial charge >= 0.3 is 5.97 Å². The maximum Gasteiger partial charge on any atom is 0.306 e. The van der Waals surface area contributed by atoms with Crippen molar-refractivity contribution in [1.82, 2.24) is 10.3 Å². The van der Waals surface area contributed by atoms with Crippen LogP contribution in [0.4, 0.5) is 0 Å². The van der Waals surface area contributed by atoms with E-state index in [1.54, 1.807) is 0 Å². The van der Waals surface area contributed by atoms with Crippen LogP contribution in [0.1, 0.15) is 29.8 Å². The Morgan fingerprint density at radius 1 is 1.32 bits per heavy atom. The smallest absolute Gasteiger partial charge is 0.306 e. The molecule has 0 spiro atoms. The number of amides is 1. The van der Waals surface area contributed by atoms with Crippen LogP contribution in [0, 0.1) is 5.92 Å². The molecule has 0 saturated heterocycles. The molecule has 7 heteroatoms. The van der Waals surface area contributed by atoms with Crippen LogP contribution in [0.15, 0.2) is 12.1 Å². The first kappa shape index (κ1) is 14.1. The lowest BCUT2D eigenvalue weighted by molar-refractivity contribution is -0.141. The van der Waals surface area contributed by atoms with Crippen LogP contribution < -0.4 is 5.32 Å². The molecule has 1 saturated carbocycles. The van der Waals surface area contributed by atoms with E-state index in [2.05, 4.69) is 10.3 Å². The fourth-order valence-electron chi connectivity index (χ4n) is 2.17. The van der Waals surface area contributed by atoms with E-state index in [0.29, 0.717) is 19.3 Å². The molecule has 102 valence electrons. The van der Waals surface area contributed by atoms with Crippen LogP contribution in [0.2, 0.25) is 10.2 Å². The number of hydrogen-bond donors (Lipinski definition) is 2. The molecule has 5 nitrogen and oxygen atoms in total. The molecule has 1 aliphatic carbocycles. The molecule has 1 heterocycles. The summed E-state index contributed by atoms with van der Waals surface area (Å²) in [4.78, 5) is 26.7. The van der Waals surface area contributed by atoms with Gasteiger partial charge in [0.25, 0.3) is 5.91 Å². The van der Waals surface area contributed by atoms with Gasteiger partial charge in [-0.15, -0.1) is 0 Å². The van der Waals surface area contributed by atoms with E-state index in [4.69, 9.17) is 28.3 Å². The minimum atomic E-state index is -0.823. The van der Waals surface area contributed by atoms with Gasteiger partial charge in [-0.2, -0.15) is 0 Å². The molecule has 1 aromatic rings. The third kappa shape index (κ3) is 3.36. The average molecular weight is 303 g/mol. The first-order valence-electron chi connectivity index (χ1n) is 5.83. The third-order valence-corrected chi connectivity index (χ3v) is 3.66. The van der Waals surface area contributed by atoms with E-state index in [9.17, 15) is 9.59 Å². The van der Waals surface area contributed by atoms with Crippen LogP contribution in [0.25, 0.3) is 0 Å². The van der Waals surface area contributed by atoms with Crippen molar-refractivity contribution < 1.29 is 14.7 Å². The Labute approximate surface area is 119 Å². The lowest BCUT2D eigenvalue weighted by Crippen LogP contribution is -2.34. The van der Waals surface area contributed by atoms with E-state index >= 15 is 0 Å². The standard InChI is InChI=1S/C12H12Cl2N2O3/c13-8-3-4-9(14)16-10(8)11(17)15-7-2-1-6(5-7)12(18)19/h3-4,6-7H,1-2,5H2,(H,15,17)(H,18,19). The number of aliphatic carboxylic acids is 1. The lowest BCUT2D eigenvalue weighted by Gasteiger charge is -2.12. The summed E-state index contributed by atoms with van der Waals surface area (Å²) in [7, 11) is 0. The number of carbonyl (C=O) groups excluding carboxylic acids is 1. The number of carbonyl (C=O) groups is 2. The Morgan fingerprint density at radius 2 is 2.05 bits per heavy atom. The van der Waals surface area contributed by atoms with Gasteiger partial charge in [0.2, 0.25) is 0 Å². The maximum atomic E-state index is 12.0. The van der Waals surface area contributed by atoms with Crippen molar-refractivity contribution in [3.63, 3.8) is 0 Å². The van der Waals surface area contributed by atoms with E-state index in [1.807, 2.05) is 0 Å². The predicted octanol–water partition coefficient (Wildman–Crippen LogP) is 2.37. The predicted molar refractivity (Wildman–Crippen MR) is 70.5 cm³/mol. The average Bonchev–Trinajstić information content (AvgIpc) is 2.80. The zero-order valence-electron chi connectivity index (χ0n) is 9.90.